The number of benzene rings is 1. The molecule has 1 aliphatic carbocycles. The second-order valence-electron chi connectivity index (χ2n) is 15.9. The molecule has 3 amide bonds. The van der Waals surface area contributed by atoms with Gasteiger partial charge < -0.3 is 19.7 Å². The van der Waals surface area contributed by atoms with Crippen molar-refractivity contribution in [3.63, 3.8) is 0 Å². The van der Waals surface area contributed by atoms with Crippen LogP contribution in [0.5, 0.6) is 6.01 Å². The molecule has 286 valence electrons. The van der Waals surface area contributed by atoms with E-state index < -0.39 is 57.3 Å². The molecule has 0 bridgehead atoms. The number of nitrogens with one attached hydrogen (secondary N) is 2. The number of ketones is 1. The van der Waals surface area contributed by atoms with Gasteiger partial charge in [-0.2, -0.15) is 17.7 Å². The average Bonchev–Trinajstić information content (AvgIpc) is 3.37. The molecule has 0 spiro atoms. The number of Topliss-reactive ketones (excluding diaryl/α,β-unsaturated/α-hetero) is 1. The first kappa shape index (κ1) is 39.2. The highest BCUT2D eigenvalue weighted by Gasteiger charge is 2.61. The van der Waals surface area contributed by atoms with Gasteiger partial charge in [0.25, 0.3) is 6.01 Å². The van der Waals surface area contributed by atoms with Gasteiger partial charge in [0.05, 0.1) is 29.0 Å². The number of rotatable bonds is 7. The summed E-state index contributed by atoms with van der Waals surface area (Å²) in [6.07, 6.45) is 5.93. The first-order valence-corrected chi connectivity index (χ1v) is 19.6. The van der Waals surface area contributed by atoms with Crippen LogP contribution in [0.1, 0.15) is 97.6 Å². The van der Waals surface area contributed by atoms with E-state index in [1.165, 1.54) is 19.0 Å². The van der Waals surface area contributed by atoms with E-state index in [0.29, 0.717) is 31.7 Å². The molecule has 2 aliphatic heterocycles. The number of aromatic nitrogens is 2. The molecule has 5 rings (SSSR count). The van der Waals surface area contributed by atoms with Gasteiger partial charge in [-0.3, -0.25) is 19.0 Å². The van der Waals surface area contributed by atoms with Crippen molar-refractivity contribution in [2.24, 2.45) is 11.3 Å². The number of carbonyl (C=O) groups excluding carboxylic acids is 4. The molecule has 2 N–H and O–H groups in total. The summed E-state index contributed by atoms with van der Waals surface area (Å²) in [7, 11) is -1.48. The second kappa shape index (κ2) is 15.2. The first-order chi connectivity index (χ1) is 24.3. The molecule has 0 radical (unpaired) electrons. The third-order valence-electron chi connectivity index (χ3n) is 10.0. The zero-order valence-corrected chi connectivity index (χ0v) is 32.4. The normalized spacial score (nSPS) is 26.7. The Morgan fingerprint density at radius 2 is 1.85 bits per heavy atom. The molecule has 0 unspecified atom stereocenters. The van der Waals surface area contributed by atoms with Crippen LogP contribution in [-0.2, 0) is 29.3 Å². The van der Waals surface area contributed by atoms with Crippen molar-refractivity contribution in [2.45, 2.75) is 123 Å². The fourth-order valence-electron chi connectivity index (χ4n) is 7.17. The van der Waals surface area contributed by atoms with Gasteiger partial charge >= 0.3 is 16.3 Å². The maximum absolute atomic E-state index is 14.5. The zero-order chi connectivity index (χ0) is 38.2. The van der Waals surface area contributed by atoms with Crippen molar-refractivity contribution in [1.82, 2.24) is 28.8 Å². The number of alkyl carbamates (subject to hydrolysis) is 1. The Morgan fingerprint density at radius 1 is 1.12 bits per heavy atom. The zero-order valence-electron chi connectivity index (χ0n) is 31.6. The molecule has 5 atom stereocenters. The molecular weight excluding hydrogens is 689 g/mol. The fourth-order valence-corrected chi connectivity index (χ4v) is 7.79. The van der Waals surface area contributed by atoms with E-state index >= 15 is 0 Å². The molecule has 1 aromatic carbocycles. The molecule has 1 aromatic heterocycles. The number of amides is 3. The molecule has 2 fully saturated rings. The monoisotopic (exact) mass is 742 g/mol. The van der Waals surface area contributed by atoms with E-state index in [-0.39, 0.29) is 37.1 Å². The lowest BCUT2D eigenvalue weighted by molar-refractivity contribution is -0.140. The quantitative estimate of drug-likeness (QED) is 0.386. The number of aryl methyl sites for hydroxylation is 1. The lowest BCUT2D eigenvalue weighted by atomic mass is 9.91. The summed E-state index contributed by atoms with van der Waals surface area (Å²) in [5.74, 6) is -1.92. The van der Waals surface area contributed by atoms with Gasteiger partial charge in [0.2, 0.25) is 11.8 Å². The van der Waals surface area contributed by atoms with Crippen molar-refractivity contribution in [3.05, 3.63) is 35.9 Å². The van der Waals surface area contributed by atoms with Crippen LogP contribution in [-0.4, -0.2) is 95.3 Å². The fraction of sp³-hybridized carbons (Fsp3) is 0.649. The van der Waals surface area contributed by atoms with Gasteiger partial charge in [-0.15, -0.1) is 0 Å². The number of ether oxygens (including phenoxy) is 2. The van der Waals surface area contributed by atoms with Crippen LogP contribution in [0, 0.1) is 18.3 Å². The predicted octanol–water partition coefficient (Wildman–Crippen LogP) is 4.58. The standard InChI is InChI=1S/C37H54N6O8S/c1-23(2)43-29-17-16-24(3)18-28(29)38-34(43)50-26-19-30-31(44)21-37(33(46)40-52(48,49)41(7)8)20-25(37)14-12-10-9-11-13-15-27(32(45)42(30)22-26)39-35(47)51-36(4,5)6/h12,14,16-18,23,25-27,30H,9-11,13,15,19-22H2,1-8H3,(H,39,47)(H,40,46)/b14-12-/t25-,26+,27-,30-,37+/m0/s1. The minimum Gasteiger partial charge on any atom is -0.459 e. The smallest absolute Gasteiger partial charge is 0.408 e. The lowest BCUT2D eigenvalue weighted by Gasteiger charge is -2.30. The van der Waals surface area contributed by atoms with Crippen LogP contribution in [0.2, 0.25) is 0 Å². The average molecular weight is 743 g/mol. The summed E-state index contributed by atoms with van der Waals surface area (Å²) < 4.78 is 42.5. The van der Waals surface area contributed by atoms with Gasteiger partial charge in [-0.25, -0.2) is 9.52 Å². The maximum Gasteiger partial charge on any atom is 0.408 e. The minimum absolute atomic E-state index is 0.00286. The Hall–Kier alpha value is -3.98. The molecule has 15 heteroatoms. The van der Waals surface area contributed by atoms with Crippen molar-refractivity contribution in [1.29, 1.82) is 0 Å². The van der Waals surface area contributed by atoms with Crippen molar-refractivity contribution in [2.75, 3.05) is 20.6 Å². The molecule has 52 heavy (non-hydrogen) atoms. The number of imidazole rings is 1. The van der Waals surface area contributed by atoms with Crippen LogP contribution in [0.3, 0.4) is 0 Å². The SMILES string of the molecule is Cc1ccc2c(c1)nc(O[C@@H]1C[C@H]3C(=O)C[C@]4(C(=O)NS(=O)(=O)N(C)C)C[C@@H]4/C=C\CCCCC[C@H](NC(=O)OC(C)(C)C)C(=O)N3C1)n2C(C)C. The number of carbonyl (C=O) groups is 4. The van der Waals surface area contributed by atoms with Crippen molar-refractivity contribution in [3.8, 4) is 6.01 Å². The van der Waals surface area contributed by atoms with Crippen LogP contribution < -0.4 is 14.8 Å². The number of hydrogen-bond donors (Lipinski definition) is 2. The van der Waals surface area contributed by atoms with E-state index in [2.05, 4.69) is 10.0 Å². The molecule has 3 heterocycles. The molecule has 14 nitrogen and oxygen atoms in total. The molecule has 1 saturated heterocycles. The van der Waals surface area contributed by atoms with Gasteiger partial charge in [-0.1, -0.05) is 31.1 Å². The summed E-state index contributed by atoms with van der Waals surface area (Å²) in [4.78, 5) is 61.8. The summed E-state index contributed by atoms with van der Waals surface area (Å²) in [5.41, 5.74) is 0.621. The minimum atomic E-state index is -4.12. The third kappa shape index (κ3) is 8.79. The largest absolute Gasteiger partial charge is 0.459 e. The molecule has 3 aliphatic rings. The van der Waals surface area contributed by atoms with E-state index in [1.54, 1.807) is 20.8 Å². The number of allylic oxidation sites excluding steroid dienone is 2. The highest BCUT2D eigenvalue weighted by molar-refractivity contribution is 7.87. The van der Waals surface area contributed by atoms with Crippen molar-refractivity contribution < 1.29 is 37.1 Å². The third-order valence-corrected chi connectivity index (χ3v) is 11.4. The van der Waals surface area contributed by atoms with Crippen LogP contribution in [0.4, 0.5) is 4.79 Å². The lowest BCUT2D eigenvalue weighted by Crippen LogP contribution is -2.53. The summed E-state index contributed by atoms with van der Waals surface area (Å²) >= 11 is 0. The number of nitrogens with zero attached hydrogens (tertiary/aromatic N) is 4. The predicted molar refractivity (Wildman–Crippen MR) is 196 cm³/mol. The molecule has 2 aromatic rings. The van der Waals surface area contributed by atoms with E-state index in [1.807, 2.05) is 55.7 Å². The second-order valence-corrected chi connectivity index (χ2v) is 17.8. The first-order valence-electron chi connectivity index (χ1n) is 18.2. The van der Waals surface area contributed by atoms with Crippen molar-refractivity contribution >= 4 is 44.9 Å². The number of hydrogen-bond acceptors (Lipinski definition) is 9. The van der Waals surface area contributed by atoms with E-state index in [0.717, 1.165) is 33.7 Å². The van der Waals surface area contributed by atoms with Gasteiger partial charge in [0.15, 0.2) is 5.78 Å². The Bertz CT molecular complexity index is 1830. The van der Waals surface area contributed by atoms with E-state index in [4.69, 9.17) is 14.5 Å². The van der Waals surface area contributed by atoms with E-state index in [9.17, 15) is 27.6 Å². The number of fused-ring (bicyclic) bond motifs is 3. The molecular formula is C37H54N6O8S. The van der Waals surface area contributed by atoms with Crippen LogP contribution >= 0.6 is 0 Å². The van der Waals surface area contributed by atoms with Gasteiger partial charge in [0.1, 0.15) is 17.7 Å². The Morgan fingerprint density at radius 3 is 2.52 bits per heavy atom. The summed E-state index contributed by atoms with van der Waals surface area (Å²) in [6.45, 7) is 11.3. The highest BCUT2D eigenvalue weighted by Crippen LogP contribution is 2.57. The summed E-state index contributed by atoms with van der Waals surface area (Å²) in [5, 5.41) is 2.77. The molecule has 1 saturated carbocycles. The summed E-state index contributed by atoms with van der Waals surface area (Å²) in [6, 6.07) is 4.37. The Labute approximate surface area is 306 Å². The van der Waals surface area contributed by atoms with Crippen LogP contribution in [0.15, 0.2) is 30.4 Å². The Balaban J connectivity index is 1.50. The van der Waals surface area contributed by atoms with Gasteiger partial charge in [-0.05, 0) is 90.8 Å². The topological polar surface area (TPSA) is 169 Å². The Kier molecular flexibility index (Phi) is 11.4. The highest BCUT2D eigenvalue weighted by atomic mass is 32.2. The van der Waals surface area contributed by atoms with Gasteiger partial charge in [0, 0.05) is 33.0 Å². The van der Waals surface area contributed by atoms with Crippen LogP contribution in [0.25, 0.3) is 11.0 Å². The maximum atomic E-state index is 14.5.